The fourth-order valence-electron chi connectivity index (χ4n) is 6.20. The van der Waals surface area contributed by atoms with E-state index in [0.29, 0.717) is 13.0 Å². The monoisotopic (exact) mass is 789 g/mol. The van der Waals surface area contributed by atoms with Crippen LogP contribution in [-0.2, 0) is 27.9 Å². The molecule has 3 N–H and O–H groups in total. The Morgan fingerprint density at radius 2 is 1.02 bits per heavy atom. The molecule has 0 saturated carbocycles. The minimum absolute atomic E-state index is 0.0477. The molecule has 320 valence electrons. The van der Waals surface area contributed by atoms with Gasteiger partial charge in [0.25, 0.3) is 0 Å². The molecule has 0 bridgehead atoms. The van der Waals surface area contributed by atoms with Crippen molar-refractivity contribution < 1.29 is 43.0 Å². The molecule has 0 aromatic carbocycles. The molecular formula is C44H85O9P. The summed E-state index contributed by atoms with van der Waals surface area (Å²) >= 11 is 0. The second-order valence-electron chi connectivity index (χ2n) is 15.1. The molecule has 54 heavy (non-hydrogen) atoms. The van der Waals surface area contributed by atoms with E-state index in [4.69, 9.17) is 23.6 Å². The summed E-state index contributed by atoms with van der Waals surface area (Å²) in [4.78, 5) is 22.6. The molecule has 0 aromatic rings. The van der Waals surface area contributed by atoms with Gasteiger partial charge < -0.3 is 24.6 Å². The van der Waals surface area contributed by atoms with Gasteiger partial charge in [0.15, 0.2) is 0 Å². The zero-order chi connectivity index (χ0) is 39.6. The summed E-state index contributed by atoms with van der Waals surface area (Å²) in [6.07, 6.45) is 42.8. The first-order chi connectivity index (χ1) is 26.3. The molecular weight excluding hydrogens is 703 g/mol. The first-order valence-electron chi connectivity index (χ1n) is 22.3. The summed E-state index contributed by atoms with van der Waals surface area (Å²) in [5.41, 5.74) is 0. The average Bonchev–Trinajstić information content (AvgIpc) is 3.16. The lowest BCUT2D eigenvalue weighted by Crippen LogP contribution is -2.29. The molecule has 0 rings (SSSR count). The molecule has 0 aliphatic rings. The molecule has 3 atom stereocenters. The first kappa shape index (κ1) is 52.9. The fourth-order valence-corrected chi connectivity index (χ4v) is 6.99. The maximum absolute atomic E-state index is 12.6. The van der Waals surface area contributed by atoms with Gasteiger partial charge in [-0.1, -0.05) is 186 Å². The van der Waals surface area contributed by atoms with Crippen molar-refractivity contribution >= 4 is 13.8 Å². The number of hydrogen-bond donors (Lipinski definition) is 3. The SMILES string of the molecule is CCCC/C=C\C/C=C\CCCCCCCC(=O)OC(COCCCCCCCCCCCCCCCCCCCCC)COP(=O)(O)OCC(O)CO. The van der Waals surface area contributed by atoms with Crippen LogP contribution in [0.4, 0.5) is 0 Å². The number of hydrogen-bond acceptors (Lipinski definition) is 8. The second kappa shape index (κ2) is 41.6. The molecule has 0 saturated heterocycles. The Balaban J connectivity index is 4.12. The van der Waals surface area contributed by atoms with E-state index in [-0.39, 0.29) is 19.6 Å². The fraction of sp³-hybridized carbons (Fsp3) is 0.886. The molecule has 0 radical (unpaired) electrons. The van der Waals surface area contributed by atoms with Gasteiger partial charge in [0, 0.05) is 13.0 Å². The third kappa shape index (κ3) is 40.6. The smallest absolute Gasteiger partial charge is 0.457 e. The highest BCUT2D eigenvalue weighted by Crippen LogP contribution is 2.43. The van der Waals surface area contributed by atoms with Crippen LogP contribution >= 0.6 is 7.82 Å². The summed E-state index contributed by atoms with van der Waals surface area (Å²) in [5.74, 6) is -0.394. The van der Waals surface area contributed by atoms with E-state index >= 15 is 0 Å². The van der Waals surface area contributed by atoms with Crippen LogP contribution in [0.5, 0.6) is 0 Å². The standard InChI is InChI=1S/C44H85O9P/c1-3-5-7-9-11-13-15-17-19-20-21-22-23-25-27-29-31-33-35-37-50-40-43(41-52-54(48,49)51-39-42(46)38-45)53-44(47)36-34-32-30-28-26-24-18-16-14-12-10-8-6-4-2/h10,12,16,18,42-43,45-46H,3-9,11,13-15,17,19-41H2,1-2H3,(H,48,49)/b12-10-,18-16-. The number of phosphoric acid groups is 1. The van der Waals surface area contributed by atoms with Crippen LogP contribution in [0.15, 0.2) is 24.3 Å². The number of carbonyl (C=O) groups is 1. The maximum atomic E-state index is 12.6. The van der Waals surface area contributed by atoms with Gasteiger partial charge in [-0.2, -0.15) is 0 Å². The molecule has 9 nitrogen and oxygen atoms in total. The van der Waals surface area contributed by atoms with Crippen molar-refractivity contribution in [3.05, 3.63) is 24.3 Å². The van der Waals surface area contributed by atoms with E-state index in [2.05, 4.69) is 38.2 Å². The summed E-state index contributed by atoms with van der Waals surface area (Å²) in [7, 11) is -4.52. The number of rotatable bonds is 43. The van der Waals surface area contributed by atoms with Gasteiger partial charge in [-0.05, 0) is 38.5 Å². The number of aliphatic hydroxyl groups excluding tert-OH is 2. The first-order valence-corrected chi connectivity index (χ1v) is 23.8. The van der Waals surface area contributed by atoms with Crippen LogP contribution in [-0.4, -0.2) is 66.3 Å². The number of aliphatic hydroxyl groups is 2. The molecule has 10 heteroatoms. The van der Waals surface area contributed by atoms with Gasteiger partial charge >= 0.3 is 13.8 Å². The van der Waals surface area contributed by atoms with Crippen LogP contribution in [0.25, 0.3) is 0 Å². The Morgan fingerprint density at radius 3 is 1.54 bits per heavy atom. The van der Waals surface area contributed by atoms with Crippen molar-refractivity contribution in [1.82, 2.24) is 0 Å². The van der Waals surface area contributed by atoms with Crippen LogP contribution in [0.1, 0.15) is 206 Å². The minimum Gasteiger partial charge on any atom is -0.457 e. The normalized spacial score (nSPS) is 14.2. The van der Waals surface area contributed by atoms with E-state index < -0.39 is 39.2 Å². The molecule has 0 heterocycles. The van der Waals surface area contributed by atoms with Crippen LogP contribution in [0.3, 0.4) is 0 Å². The number of esters is 1. The lowest BCUT2D eigenvalue weighted by molar-refractivity contribution is -0.154. The third-order valence-corrected chi connectivity index (χ3v) is 10.6. The largest absolute Gasteiger partial charge is 0.472 e. The van der Waals surface area contributed by atoms with Gasteiger partial charge in [-0.25, -0.2) is 4.57 Å². The van der Waals surface area contributed by atoms with E-state index in [1.165, 1.54) is 122 Å². The van der Waals surface area contributed by atoms with Crippen molar-refractivity contribution in [3.8, 4) is 0 Å². The van der Waals surface area contributed by atoms with Crippen molar-refractivity contribution in [2.24, 2.45) is 0 Å². The summed E-state index contributed by atoms with van der Waals surface area (Å²) in [5, 5.41) is 18.3. The van der Waals surface area contributed by atoms with Crippen molar-refractivity contribution in [2.75, 3.05) is 33.0 Å². The van der Waals surface area contributed by atoms with Gasteiger partial charge in [0.05, 0.1) is 26.4 Å². The van der Waals surface area contributed by atoms with Crippen LogP contribution < -0.4 is 0 Å². The number of ether oxygens (including phenoxy) is 2. The highest BCUT2D eigenvalue weighted by Gasteiger charge is 2.26. The average molecular weight is 789 g/mol. The maximum Gasteiger partial charge on any atom is 0.472 e. The number of carbonyl (C=O) groups excluding carboxylic acids is 1. The molecule has 3 unspecified atom stereocenters. The van der Waals surface area contributed by atoms with E-state index in [1.807, 2.05) is 0 Å². The summed E-state index contributed by atoms with van der Waals surface area (Å²) in [6, 6.07) is 0. The Labute approximate surface area is 332 Å². The minimum atomic E-state index is -4.52. The van der Waals surface area contributed by atoms with Gasteiger partial charge in [0.2, 0.25) is 0 Å². The van der Waals surface area contributed by atoms with Crippen molar-refractivity contribution in [3.63, 3.8) is 0 Å². The zero-order valence-electron chi connectivity index (χ0n) is 35.0. The Kier molecular flexibility index (Phi) is 40.8. The van der Waals surface area contributed by atoms with Gasteiger partial charge in [-0.3, -0.25) is 13.8 Å². The zero-order valence-corrected chi connectivity index (χ0v) is 35.8. The molecule has 0 aliphatic heterocycles. The molecule has 0 amide bonds. The molecule has 0 spiro atoms. The molecule has 0 aromatic heterocycles. The lowest BCUT2D eigenvalue weighted by Gasteiger charge is -2.20. The van der Waals surface area contributed by atoms with E-state index in [1.54, 1.807) is 0 Å². The van der Waals surface area contributed by atoms with Crippen LogP contribution in [0.2, 0.25) is 0 Å². The predicted octanol–water partition coefficient (Wildman–Crippen LogP) is 12.3. The van der Waals surface area contributed by atoms with Gasteiger partial charge in [-0.15, -0.1) is 0 Å². The van der Waals surface area contributed by atoms with E-state index in [9.17, 15) is 19.4 Å². The topological polar surface area (TPSA) is 132 Å². The Hall–Kier alpha value is -1.06. The quantitative estimate of drug-likeness (QED) is 0.0239. The van der Waals surface area contributed by atoms with Crippen molar-refractivity contribution in [1.29, 1.82) is 0 Å². The predicted molar refractivity (Wildman–Crippen MR) is 224 cm³/mol. The second-order valence-corrected chi connectivity index (χ2v) is 16.5. The Morgan fingerprint density at radius 1 is 0.574 bits per heavy atom. The molecule has 0 aliphatic carbocycles. The number of allylic oxidation sites excluding steroid dienone is 4. The third-order valence-electron chi connectivity index (χ3n) is 9.64. The number of unbranched alkanes of at least 4 members (excludes halogenated alkanes) is 25. The summed E-state index contributed by atoms with van der Waals surface area (Å²) in [6.45, 7) is 3.49. The number of phosphoric ester groups is 1. The summed E-state index contributed by atoms with van der Waals surface area (Å²) < 4.78 is 33.4. The van der Waals surface area contributed by atoms with Gasteiger partial charge in [0.1, 0.15) is 12.2 Å². The van der Waals surface area contributed by atoms with Crippen molar-refractivity contribution in [2.45, 2.75) is 219 Å². The lowest BCUT2D eigenvalue weighted by atomic mass is 10.0. The Bertz CT molecular complexity index is 897. The van der Waals surface area contributed by atoms with Crippen LogP contribution in [0, 0.1) is 0 Å². The highest BCUT2D eigenvalue weighted by molar-refractivity contribution is 7.47. The highest BCUT2D eigenvalue weighted by atomic mass is 31.2. The molecule has 0 fully saturated rings. The van der Waals surface area contributed by atoms with E-state index in [0.717, 1.165) is 57.8 Å².